The molecule has 1 aliphatic carbocycles. The molecule has 0 spiro atoms. The van der Waals surface area contributed by atoms with Crippen LogP contribution in [0.2, 0.25) is 0 Å². The lowest BCUT2D eigenvalue weighted by Gasteiger charge is -2.34. The van der Waals surface area contributed by atoms with Crippen LogP contribution in [0.3, 0.4) is 0 Å². The Morgan fingerprint density at radius 3 is 2.26 bits per heavy atom. The maximum absolute atomic E-state index is 14.1. The number of aliphatic hydroxyl groups is 1. The van der Waals surface area contributed by atoms with Gasteiger partial charge in [-0.25, -0.2) is 8.78 Å². The molecule has 1 saturated carbocycles. The van der Waals surface area contributed by atoms with Gasteiger partial charge in [-0.15, -0.1) is 0 Å². The molecule has 19 heavy (non-hydrogen) atoms. The summed E-state index contributed by atoms with van der Waals surface area (Å²) in [5.74, 6) is -3.17. The Labute approximate surface area is 120 Å². The van der Waals surface area contributed by atoms with Gasteiger partial charge in [-0.05, 0) is 18.3 Å². The van der Waals surface area contributed by atoms with Crippen molar-refractivity contribution in [2.24, 2.45) is 17.6 Å². The average Bonchev–Trinajstić information content (AvgIpc) is 2.37. The van der Waals surface area contributed by atoms with E-state index >= 15 is 0 Å². The van der Waals surface area contributed by atoms with E-state index in [0.29, 0.717) is 12.3 Å². The van der Waals surface area contributed by atoms with Crippen LogP contribution in [-0.4, -0.2) is 28.4 Å². The quantitative estimate of drug-likeness (QED) is 0.659. The molecule has 0 heterocycles. The van der Waals surface area contributed by atoms with Crippen molar-refractivity contribution in [3.05, 3.63) is 0 Å². The van der Waals surface area contributed by atoms with Crippen LogP contribution in [-0.2, 0) is 0 Å². The summed E-state index contributed by atoms with van der Waals surface area (Å²) in [7, 11) is 0. The van der Waals surface area contributed by atoms with Crippen LogP contribution in [0, 0.1) is 11.8 Å². The number of rotatable bonds is 6. The zero-order valence-corrected chi connectivity index (χ0v) is 12.8. The summed E-state index contributed by atoms with van der Waals surface area (Å²) in [4.78, 5) is 0. The lowest BCUT2D eigenvalue weighted by atomic mass is 9.82. The van der Waals surface area contributed by atoms with Crippen LogP contribution in [0.4, 0.5) is 8.78 Å². The normalized spacial score (nSPS) is 23.4. The van der Waals surface area contributed by atoms with Crippen LogP contribution >= 0.6 is 12.6 Å². The highest BCUT2D eigenvalue weighted by Crippen LogP contribution is 2.35. The predicted octanol–water partition coefficient (Wildman–Crippen LogP) is 3.23. The third-order valence-electron chi connectivity index (χ3n) is 4.16. The number of alkyl halides is 2. The molecule has 2 nitrogen and oxygen atoms in total. The number of thiol groups is 1. The lowest BCUT2D eigenvalue weighted by Crippen LogP contribution is -2.53. The number of hydrogen-bond acceptors (Lipinski definition) is 3. The van der Waals surface area contributed by atoms with Crippen molar-refractivity contribution in [1.82, 2.24) is 0 Å². The first kappa shape index (κ1) is 17.2. The summed E-state index contributed by atoms with van der Waals surface area (Å²) in [5.41, 5.74) is 5.81. The molecule has 0 aliphatic heterocycles. The van der Waals surface area contributed by atoms with Gasteiger partial charge in [0.25, 0.3) is 5.92 Å². The second-order valence-corrected chi connectivity index (χ2v) is 6.77. The molecule has 0 aromatic rings. The summed E-state index contributed by atoms with van der Waals surface area (Å²) < 4.78 is 28.1. The van der Waals surface area contributed by atoms with Crippen LogP contribution in [0.25, 0.3) is 0 Å². The average molecular weight is 295 g/mol. The zero-order chi connectivity index (χ0) is 14.6. The van der Waals surface area contributed by atoms with E-state index in [1.807, 2.05) is 0 Å². The Hall–Kier alpha value is 0.130. The summed E-state index contributed by atoms with van der Waals surface area (Å²) in [6.07, 6.45) is 4.27. The third kappa shape index (κ3) is 4.57. The van der Waals surface area contributed by atoms with Crippen molar-refractivity contribution < 1.29 is 13.9 Å². The smallest absolute Gasteiger partial charge is 0.286 e. The molecule has 0 saturated heterocycles. The topological polar surface area (TPSA) is 46.2 Å². The van der Waals surface area contributed by atoms with Crippen LogP contribution in [0.1, 0.15) is 52.4 Å². The number of nitrogens with two attached hydrogens (primary N) is 1. The van der Waals surface area contributed by atoms with E-state index in [9.17, 15) is 13.9 Å². The molecule has 0 amide bonds. The van der Waals surface area contributed by atoms with Crippen molar-refractivity contribution in [1.29, 1.82) is 0 Å². The molecular formula is C14H27F2NOS. The highest BCUT2D eigenvalue weighted by Gasteiger charge is 2.48. The SMILES string of the molecule is CC(C)C(S)C(F)(F)C(O)C(N)CC1CCCCC1. The highest BCUT2D eigenvalue weighted by molar-refractivity contribution is 7.81. The maximum Gasteiger partial charge on any atom is 0.286 e. The van der Waals surface area contributed by atoms with E-state index in [4.69, 9.17) is 5.73 Å². The van der Waals surface area contributed by atoms with Crippen LogP contribution in [0.5, 0.6) is 0 Å². The Morgan fingerprint density at radius 2 is 1.79 bits per heavy atom. The molecule has 3 unspecified atom stereocenters. The number of halogens is 2. The maximum atomic E-state index is 14.1. The Bertz CT molecular complexity index is 270. The molecule has 1 aliphatic rings. The van der Waals surface area contributed by atoms with Crippen molar-refractivity contribution >= 4 is 12.6 Å². The first-order valence-electron chi connectivity index (χ1n) is 7.26. The van der Waals surface area contributed by atoms with E-state index in [0.717, 1.165) is 25.7 Å². The van der Waals surface area contributed by atoms with E-state index in [2.05, 4.69) is 12.6 Å². The van der Waals surface area contributed by atoms with Crippen molar-refractivity contribution in [3.63, 3.8) is 0 Å². The molecular weight excluding hydrogens is 268 g/mol. The fraction of sp³-hybridized carbons (Fsp3) is 1.00. The van der Waals surface area contributed by atoms with Gasteiger partial charge >= 0.3 is 0 Å². The number of aliphatic hydroxyl groups excluding tert-OH is 1. The van der Waals surface area contributed by atoms with Gasteiger partial charge in [0.05, 0.1) is 5.25 Å². The van der Waals surface area contributed by atoms with Crippen molar-refractivity contribution in [2.45, 2.75) is 75.7 Å². The van der Waals surface area contributed by atoms with Gasteiger partial charge in [0, 0.05) is 6.04 Å². The predicted molar refractivity (Wildman–Crippen MR) is 77.7 cm³/mol. The minimum Gasteiger partial charge on any atom is -0.385 e. The van der Waals surface area contributed by atoms with Gasteiger partial charge in [0.1, 0.15) is 6.10 Å². The van der Waals surface area contributed by atoms with Crippen LogP contribution in [0.15, 0.2) is 0 Å². The Morgan fingerprint density at radius 1 is 1.26 bits per heavy atom. The highest BCUT2D eigenvalue weighted by atomic mass is 32.1. The van der Waals surface area contributed by atoms with E-state index < -0.39 is 23.3 Å². The molecule has 0 radical (unpaired) electrons. The Kier molecular flexibility index (Phi) is 6.54. The lowest BCUT2D eigenvalue weighted by molar-refractivity contribution is -0.125. The van der Waals surface area contributed by atoms with Gasteiger partial charge in [0.2, 0.25) is 0 Å². The summed E-state index contributed by atoms with van der Waals surface area (Å²) in [6.45, 7) is 3.34. The largest absolute Gasteiger partial charge is 0.385 e. The molecule has 5 heteroatoms. The standard InChI is InChI=1S/C14H27F2NOS/c1-9(2)13(19)14(15,16)12(18)11(17)8-10-6-4-3-5-7-10/h9-13,18-19H,3-8,17H2,1-2H3. The molecule has 114 valence electrons. The summed E-state index contributed by atoms with van der Waals surface area (Å²) in [5, 5.41) is 8.70. The van der Waals surface area contributed by atoms with Crippen molar-refractivity contribution in [2.75, 3.05) is 0 Å². The van der Waals surface area contributed by atoms with Gasteiger partial charge in [-0.1, -0.05) is 46.0 Å². The van der Waals surface area contributed by atoms with E-state index in [-0.39, 0.29) is 5.92 Å². The molecule has 1 rings (SSSR count). The van der Waals surface area contributed by atoms with Crippen molar-refractivity contribution in [3.8, 4) is 0 Å². The minimum absolute atomic E-state index is 0.310. The third-order valence-corrected chi connectivity index (χ3v) is 5.10. The minimum atomic E-state index is -3.24. The molecule has 3 N–H and O–H groups in total. The van der Waals surface area contributed by atoms with Gasteiger partial charge in [-0.2, -0.15) is 12.6 Å². The first-order chi connectivity index (χ1) is 8.76. The fourth-order valence-corrected chi connectivity index (χ4v) is 2.99. The summed E-state index contributed by atoms with van der Waals surface area (Å²) in [6, 6.07) is -0.869. The Balaban J connectivity index is 2.56. The second-order valence-electron chi connectivity index (χ2n) is 6.21. The number of hydrogen-bond donors (Lipinski definition) is 3. The molecule has 1 fully saturated rings. The summed E-state index contributed by atoms with van der Waals surface area (Å²) >= 11 is 3.94. The second kappa shape index (κ2) is 7.23. The molecule has 0 bridgehead atoms. The monoisotopic (exact) mass is 295 g/mol. The zero-order valence-electron chi connectivity index (χ0n) is 11.9. The molecule has 0 aromatic heterocycles. The fourth-order valence-electron chi connectivity index (χ4n) is 2.84. The van der Waals surface area contributed by atoms with Gasteiger partial charge < -0.3 is 10.8 Å². The van der Waals surface area contributed by atoms with Gasteiger partial charge in [-0.3, -0.25) is 0 Å². The van der Waals surface area contributed by atoms with Gasteiger partial charge in [0.15, 0.2) is 0 Å². The molecule has 0 aromatic carbocycles. The molecule has 3 atom stereocenters. The van der Waals surface area contributed by atoms with E-state index in [1.165, 1.54) is 6.42 Å². The first-order valence-corrected chi connectivity index (χ1v) is 7.78. The van der Waals surface area contributed by atoms with Crippen LogP contribution < -0.4 is 5.73 Å². The van der Waals surface area contributed by atoms with E-state index in [1.54, 1.807) is 13.8 Å².